The molecule has 1 aliphatic rings. The first-order valence-corrected chi connectivity index (χ1v) is 11.0. The molecule has 4 rings (SSSR count). The van der Waals surface area contributed by atoms with Crippen LogP contribution in [0.15, 0.2) is 82.8 Å². The Balaban J connectivity index is 0.00000171. The molecule has 3 aromatic carbocycles. The van der Waals surface area contributed by atoms with Gasteiger partial charge in [0.1, 0.15) is 5.82 Å². The first-order chi connectivity index (χ1) is 13.8. The molecule has 0 fully saturated rings. The summed E-state index contributed by atoms with van der Waals surface area (Å²) in [7, 11) is -3.17. The molecular formula is C21H16FNNa2O4PS. The van der Waals surface area contributed by atoms with Crippen molar-refractivity contribution in [2.24, 2.45) is 0 Å². The van der Waals surface area contributed by atoms with Crippen LogP contribution in [0, 0.1) is 5.82 Å². The molecule has 1 aliphatic heterocycles. The van der Waals surface area contributed by atoms with Gasteiger partial charge in [-0.15, -0.1) is 0 Å². The van der Waals surface area contributed by atoms with Gasteiger partial charge in [-0.3, -0.25) is 4.57 Å². The standard InChI is InChI=1S/C21H17FNO4PS.2Na/c1-23-18-8-4-2-6-16(18)20(17-7-3-5-9-19(17)23)21(27-28(24,25)26)29-15-12-10-14(22)11-13-15;;/h2-13H,1H3,(H2,24,25,26);;/q;;+1/p-1. The molecule has 1 heterocycles. The minimum atomic E-state index is -5.09. The third-order valence-corrected chi connectivity index (χ3v) is 6.01. The van der Waals surface area contributed by atoms with Crippen LogP contribution in [0.3, 0.4) is 0 Å². The second kappa shape index (κ2) is 11.0. The fourth-order valence-electron chi connectivity index (χ4n) is 3.28. The van der Waals surface area contributed by atoms with Crippen LogP contribution in [0.1, 0.15) is 11.1 Å². The molecular weight excluding hydrogens is 458 g/mol. The van der Waals surface area contributed by atoms with Crippen molar-refractivity contribution in [3.8, 4) is 0 Å². The van der Waals surface area contributed by atoms with E-state index in [4.69, 9.17) is 4.52 Å². The van der Waals surface area contributed by atoms with Gasteiger partial charge in [0, 0.05) is 69.6 Å². The van der Waals surface area contributed by atoms with Crippen LogP contribution in [0.4, 0.5) is 15.8 Å². The van der Waals surface area contributed by atoms with Gasteiger partial charge in [-0.2, -0.15) is 0 Å². The van der Waals surface area contributed by atoms with Gasteiger partial charge >= 0.3 is 37.4 Å². The van der Waals surface area contributed by atoms with Gasteiger partial charge in [0.05, 0.1) is 0 Å². The van der Waals surface area contributed by atoms with E-state index in [-0.39, 0.29) is 64.2 Å². The zero-order valence-electron chi connectivity index (χ0n) is 17.3. The predicted octanol–water partition coefficient (Wildman–Crippen LogP) is 1.52. The SMILES string of the molecule is CN1c2ccccc2C(=C(OP(=O)([O-])O)Sc2ccc(F)cc2)c2ccccc21.[Na+].[Na]. The number of phosphoric acid groups is 1. The van der Waals surface area contributed by atoms with Crippen molar-refractivity contribution in [2.45, 2.75) is 4.90 Å². The summed E-state index contributed by atoms with van der Waals surface area (Å²) in [5, 5.41) is -0.00885. The van der Waals surface area contributed by atoms with E-state index in [0.717, 1.165) is 34.3 Å². The van der Waals surface area contributed by atoms with Crippen LogP contribution in [0.2, 0.25) is 0 Å². The van der Waals surface area contributed by atoms with Crippen LogP contribution in [-0.4, -0.2) is 41.5 Å². The van der Waals surface area contributed by atoms with Crippen molar-refractivity contribution in [3.63, 3.8) is 0 Å². The van der Waals surface area contributed by atoms with E-state index in [1.54, 1.807) is 0 Å². The number of thioether (sulfide) groups is 1. The van der Waals surface area contributed by atoms with Gasteiger partial charge in [-0.1, -0.05) is 48.2 Å². The minimum absolute atomic E-state index is 0. The maximum atomic E-state index is 13.3. The van der Waals surface area contributed by atoms with Gasteiger partial charge < -0.3 is 19.2 Å². The van der Waals surface area contributed by atoms with E-state index in [1.165, 1.54) is 24.3 Å². The van der Waals surface area contributed by atoms with Gasteiger partial charge in [0.2, 0.25) is 0 Å². The largest absolute Gasteiger partial charge is 1.00 e. The van der Waals surface area contributed by atoms with Crippen LogP contribution < -0.4 is 39.4 Å². The number of nitrogens with zero attached hydrogens (tertiary/aromatic N) is 1. The fourth-order valence-corrected chi connectivity index (χ4v) is 4.82. The molecule has 0 aromatic heterocycles. The Morgan fingerprint density at radius 1 is 1.00 bits per heavy atom. The Morgan fingerprint density at radius 2 is 1.48 bits per heavy atom. The van der Waals surface area contributed by atoms with Crippen molar-refractivity contribution < 1.29 is 52.8 Å². The third-order valence-electron chi connectivity index (χ3n) is 4.50. The molecule has 1 atom stereocenters. The number of hydrogen-bond acceptors (Lipinski definition) is 5. The average molecular weight is 474 g/mol. The molecule has 0 bridgehead atoms. The molecule has 0 spiro atoms. The first kappa shape index (κ1) is 26.7. The number of phosphoric ester groups is 1. The van der Waals surface area contributed by atoms with Crippen molar-refractivity contribution in [1.29, 1.82) is 0 Å². The van der Waals surface area contributed by atoms with Gasteiger partial charge in [-0.25, -0.2) is 4.39 Å². The second-order valence-corrected chi connectivity index (χ2v) is 8.54. The fraction of sp³-hybridized carbons (Fsp3) is 0.0476. The number of anilines is 2. The first-order valence-electron chi connectivity index (χ1n) is 8.67. The van der Waals surface area contributed by atoms with Crippen molar-refractivity contribution in [2.75, 3.05) is 11.9 Å². The number of fused-ring (bicyclic) bond motifs is 2. The van der Waals surface area contributed by atoms with E-state index >= 15 is 0 Å². The molecule has 0 amide bonds. The Morgan fingerprint density at radius 3 is 1.97 bits per heavy atom. The van der Waals surface area contributed by atoms with Crippen LogP contribution >= 0.6 is 19.6 Å². The summed E-state index contributed by atoms with van der Waals surface area (Å²) < 4.78 is 30.0. The molecule has 31 heavy (non-hydrogen) atoms. The number of rotatable bonds is 4. The van der Waals surface area contributed by atoms with E-state index in [0.29, 0.717) is 10.5 Å². The number of hydrogen-bond donors (Lipinski definition) is 1. The van der Waals surface area contributed by atoms with Gasteiger partial charge in [0.25, 0.3) is 0 Å². The number of halogens is 1. The summed E-state index contributed by atoms with van der Waals surface area (Å²) in [6, 6.07) is 20.6. The zero-order valence-corrected chi connectivity index (χ0v) is 23.0. The molecule has 10 heteroatoms. The monoisotopic (exact) mass is 474 g/mol. The van der Waals surface area contributed by atoms with Crippen LogP contribution in [0.5, 0.6) is 0 Å². The summed E-state index contributed by atoms with van der Waals surface area (Å²) in [6.07, 6.45) is 0. The normalized spacial score (nSPS) is 13.7. The summed E-state index contributed by atoms with van der Waals surface area (Å²) >= 11 is 0.999. The molecule has 0 saturated heterocycles. The van der Waals surface area contributed by atoms with E-state index < -0.39 is 13.6 Å². The van der Waals surface area contributed by atoms with Crippen molar-refractivity contribution >= 4 is 66.1 Å². The Labute approximate surface area is 228 Å². The Bertz CT molecular complexity index is 1100. The van der Waals surface area contributed by atoms with Crippen molar-refractivity contribution in [1.82, 2.24) is 0 Å². The summed E-state index contributed by atoms with van der Waals surface area (Å²) in [4.78, 5) is 23.7. The molecule has 1 radical (unpaired) electrons. The predicted molar refractivity (Wildman–Crippen MR) is 116 cm³/mol. The van der Waals surface area contributed by atoms with Crippen LogP contribution in [0.25, 0.3) is 5.57 Å². The average Bonchev–Trinajstić information content (AvgIpc) is 2.69. The van der Waals surface area contributed by atoms with Crippen molar-refractivity contribution in [3.05, 3.63) is 94.8 Å². The molecule has 149 valence electrons. The van der Waals surface area contributed by atoms with Gasteiger partial charge in [0.15, 0.2) is 5.09 Å². The zero-order chi connectivity index (χ0) is 20.6. The summed E-state index contributed by atoms with van der Waals surface area (Å²) in [5.74, 6) is -0.406. The minimum Gasteiger partial charge on any atom is -0.746 e. The maximum Gasteiger partial charge on any atom is 1.00 e. The molecule has 3 aromatic rings. The molecule has 0 saturated carbocycles. The Kier molecular flexibility index (Phi) is 9.50. The maximum absolute atomic E-state index is 13.3. The van der Waals surface area contributed by atoms with Gasteiger partial charge in [-0.05, 0) is 36.4 Å². The smallest absolute Gasteiger partial charge is 0.746 e. The number of benzene rings is 3. The van der Waals surface area contributed by atoms with E-state index in [2.05, 4.69) is 0 Å². The van der Waals surface area contributed by atoms with Crippen LogP contribution in [-0.2, 0) is 9.09 Å². The van der Waals surface area contributed by atoms with E-state index in [9.17, 15) is 18.7 Å². The molecule has 5 nitrogen and oxygen atoms in total. The molecule has 1 N–H and O–H groups in total. The third kappa shape index (κ3) is 6.06. The Hall–Kier alpha value is -0.570. The molecule has 1 unspecified atom stereocenters. The quantitative estimate of drug-likeness (QED) is 0.268. The number of para-hydroxylation sites is 2. The van der Waals surface area contributed by atoms with E-state index in [1.807, 2.05) is 60.5 Å². The summed E-state index contributed by atoms with van der Waals surface area (Å²) in [5.41, 5.74) is 3.77. The summed E-state index contributed by atoms with van der Waals surface area (Å²) in [6.45, 7) is 0. The molecule has 0 aliphatic carbocycles. The topological polar surface area (TPSA) is 72.8 Å². The second-order valence-electron chi connectivity index (χ2n) is 6.37.